The molecule has 0 aliphatic heterocycles. The summed E-state index contributed by atoms with van der Waals surface area (Å²) in [6, 6.07) is 0. The van der Waals surface area contributed by atoms with E-state index in [0.717, 1.165) is 18.4 Å². The molecule has 4 nitrogen and oxygen atoms in total. The molecule has 0 aliphatic rings. The van der Waals surface area contributed by atoms with Crippen LogP contribution in [0.15, 0.2) is 12.2 Å². The van der Waals surface area contributed by atoms with Crippen molar-refractivity contribution in [2.75, 3.05) is 13.2 Å². The highest BCUT2D eigenvalue weighted by molar-refractivity contribution is 5.72. The molecule has 0 unspecified atom stereocenters. The van der Waals surface area contributed by atoms with Crippen LogP contribution in [0.2, 0.25) is 0 Å². The van der Waals surface area contributed by atoms with Gasteiger partial charge in [0.1, 0.15) is 0 Å². The Hall–Kier alpha value is -1.32. The summed E-state index contributed by atoms with van der Waals surface area (Å²) in [6.07, 6.45) is 23.1. The van der Waals surface area contributed by atoms with E-state index in [1.807, 2.05) is 6.92 Å². The van der Waals surface area contributed by atoms with E-state index >= 15 is 0 Å². The van der Waals surface area contributed by atoms with E-state index in [1.165, 1.54) is 89.9 Å². The predicted molar refractivity (Wildman–Crippen MR) is 135 cm³/mol. The SMILES string of the molecule is C=C(C)CCOC(=O)CCCC(=O)OCCCCCCCCCCCCCCCCCC. The van der Waals surface area contributed by atoms with Gasteiger partial charge in [0, 0.05) is 19.3 Å². The van der Waals surface area contributed by atoms with Crippen molar-refractivity contribution in [3.8, 4) is 0 Å². The number of hydrogen-bond donors (Lipinski definition) is 0. The molecule has 4 heteroatoms. The van der Waals surface area contributed by atoms with Gasteiger partial charge in [-0.15, -0.1) is 6.58 Å². The molecule has 0 fully saturated rings. The highest BCUT2D eigenvalue weighted by Gasteiger charge is 2.07. The molecule has 0 N–H and O–H groups in total. The topological polar surface area (TPSA) is 52.6 Å². The molecule has 0 spiro atoms. The largest absolute Gasteiger partial charge is 0.466 e. The Bertz CT molecular complexity index is 458. The first-order chi connectivity index (χ1) is 15.6. The molecule has 0 saturated heterocycles. The van der Waals surface area contributed by atoms with Gasteiger partial charge in [-0.3, -0.25) is 9.59 Å². The Balaban J connectivity index is 3.24. The van der Waals surface area contributed by atoms with E-state index in [-0.39, 0.29) is 24.8 Å². The molecule has 188 valence electrons. The Morgan fingerprint density at radius 2 is 0.906 bits per heavy atom. The molecular weight excluding hydrogens is 400 g/mol. The molecular formula is C28H52O4. The summed E-state index contributed by atoms with van der Waals surface area (Å²) in [7, 11) is 0. The third-order valence-corrected chi connectivity index (χ3v) is 5.81. The van der Waals surface area contributed by atoms with Crippen LogP contribution in [0, 0.1) is 0 Å². The van der Waals surface area contributed by atoms with Crippen LogP contribution in [0.5, 0.6) is 0 Å². The van der Waals surface area contributed by atoms with E-state index in [1.54, 1.807) is 0 Å². The fraction of sp³-hybridized carbons (Fsp3) is 0.857. The van der Waals surface area contributed by atoms with Crippen LogP contribution in [0.4, 0.5) is 0 Å². The van der Waals surface area contributed by atoms with Crippen molar-refractivity contribution >= 4 is 11.9 Å². The van der Waals surface area contributed by atoms with Gasteiger partial charge in [-0.2, -0.15) is 0 Å². The molecule has 0 saturated carbocycles. The van der Waals surface area contributed by atoms with E-state index in [2.05, 4.69) is 13.5 Å². The lowest BCUT2D eigenvalue weighted by molar-refractivity contribution is -0.145. The van der Waals surface area contributed by atoms with Crippen molar-refractivity contribution in [3.05, 3.63) is 12.2 Å². The standard InChI is InChI=1S/C28H52O4/c1-4-5-6-7-8-9-10-11-12-13-14-15-16-17-18-19-24-31-27(29)21-20-22-28(30)32-25-23-26(2)3/h2,4-25H2,1,3H3. The zero-order valence-corrected chi connectivity index (χ0v) is 21.4. The van der Waals surface area contributed by atoms with Gasteiger partial charge in [0.25, 0.3) is 0 Å². The highest BCUT2D eigenvalue weighted by Crippen LogP contribution is 2.13. The lowest BCUT2D eigenvalue weighted by Gasteiger charge is -2.06. The van der Waals surface area contributed by atoms with Gasteiger partial charge in [-0.05, 0) is 19.8 Å². The molecule has 0 bridgehead atoms. The number of esters is 2. The van der Waals surface area contributed by atoms with Gasteiger partial charge in [-0.1, -0.05) is 109 Å². The number of hydrogen-bond acceptors (Lipinski definition) is 4. The quantitative estimate of drug-likeness (QED) is 0.0837. The van der Waals surface area contributed by atoms with Crippen molar-refractivity contribution in [2.45, 2.75) is 142 Å². The molecule has 0 aliphatic carbocycles. The maximum Gasteiger partial charge on any atom is 0.305 e. The van der Waals surface area contributed by atoms with Crippen LogP contribution in [-0.4, -0.2) is 25.2 Å². The summed E-state index contributed by atoms with van der Waals surface area (Å²) < 4.78 is 10.3. The predicted octanol–water partition coefficient (Wildman–Crippen LogP) is 8.47. The van der Waals surface area contributed by atoms with Crippen molar-refractivity contribution in [1.82, 2.24) is 0 Å². The first kappa shape index (κ1) is 30.7. The van der Waals surface area contributed by atoms with E-state index < -0.39 is 0 Å². The average molecular weight is 453 g/mol. The van der Waals surface area contributed by atoms with E-state index in [0.29, 0.717) is 26.1 Å². The smallest absolute Gasteiger partial charge is 0.305 e. The summed E-state index contributed by atoms with van der Waals surface area (Å²) >= 11 is 0. The molecule has 0 rings (SSSR count). The van der Waals surface area contributed by atoms with E-state index in [9.17, 15) is 9.59 Å². The second-order valence-corrected chi connectivity index (χ2v) is 9.30. The Morgan fingerprint density at radius 3 is 1.31 bits per heavy atom. The van der Waals surface area contributed by atoms with Crippen LogP contribution in [0.25, 0.3) is 0 Å². The second-order valence-electron chi connectivity index (χ2n) is 9.30. The lowest BCUT2D eigenvalue weighted by Crippen LogP contribution is -2.09. The van der Waals surface area contributed by atoms with Crippen LogP contribution in [-0.2, 0) is 19.1 Å². The van der Waals surface area contributed by atoms with Crippen LogP contribution < -0.4 is 0 Å². The lowest BCUT2D eigenvalue weighted by atomic mass is 10.0. The number of ether oxygens (including phenoxy) is 2. The summed E-state index contributed by atoms with van der Waals surface area (Å²) in [5.74, 6) is -0.461. The molecule has 0 aromatic heterocycles. The number of rotatable bonds is 24. The highest BCUT2D eigenvalue weighted by atomic mass is 16.5. The maximum absolute atomic E-state index is 11.7. The van der Waals surface area contributed by atoms with Gasteiger partial charge < -0.3 is 9.47 Å². The maximum atomic E-state index is 11.7. The summed E-state index contributed by atoms with van der Waals surface area (Å²) in [4.78, 5) is 23.2. The summed E-state index contributed by atoms with van der Waals surface area (Å²) in [6.45, 7) is 8.82. The third-order valence-electron chi connectivity index (χ3n) is 5.81. The minimum Gasteiger partial charge on any atom is -0.466 e. The first-order valence-corrected chi connectivity index (χ1v) is 13.5. The van der Waals surface area contributed by atoms with Gasteiger partial charge >= 0.3 is 11.9 Å². The molecule has 32 heavy (non-hydrogen) atoms. The molecule has 0 heterocycles. The average Bonchev–Trinajstić information content (AvgIpc) is 2.75. The van der Waals surface area contributed by atoms with Crippen LogP contribution in [0.1, 0.15) is 142 Å². The number of carbonyl (C=O) groups excluding carboxylic acids is 2. The Kier molecular flexibility index (Phi) is 23.3. The molecule has 0 aromatic carbocycles. The fourth-order valence-corrected chi connectivity index (χ4v) is 3.70. The van der Waals surface area contributed by atoms with E-state index in [4.69, 9.17) is 9.47 Å². The second kappa shape index (κ2) is 24.3. The van der Waals surface area contributed by atoms with Crippen LogP contribution in [0.3, 0.4) is 0 Å². The summed E-state index contributed by atoms with van der Waals surface area (Å²) in [5, 5.41) is 0. The molecule has 0 aromatic rings. The van der Waals surface area contributed by atoms with Crippen molar-refractivity contribution in [1.29, 1.82) is 0 Å². The zero-order valence-electron chi connectivity index (χ0n) is 21.4. The zero-order chi connectivity index (χ0) is 23.7. The van der Waals surface area contributed by atoms with Crippen LogP contribution >= 0.6 is 0 Å². The number of carbonyl (C=O) groups is 2. The monoisotopic (exact) mass is 452 g/mol. The first-order valence-electron chi connectivity index (χ1n) is 13.5. The van der Waals surface area contributed by atoms with Gasteiger partial charge in [0.15, 0.2) is 0 Å². The minimum absolute atomic E-state index is 0.208. The van der Waals surface area contributed by atoms with Crippen molar-refractivity contribution in [2.24, 2.45) is 0 Å². The van der Waals surface area contributed by atoms with Gasteiger partial charge in [0.2, 0.25) is 0 Å². The molecule has 0 radical (unpaired) electrons. The van der Waals surface area contributed by atoms with Gasteiger partial charge in [-0.25, -0.2) is 0 Å². The van der Waals surface area contributed by atoms with Crippen molar-refractivity contribution in [3.63, 3.8) is 0 Å². The fourth-order valence-electron chi connectivity index (χ4n) is 3.70. The van der Waals surface area contributed by atoms with Crippen molar-refractivity contribution < 1.29 is 19.1 Å². The summed E-state index contributed by atoms with van der Waals surface area (Å²) in [5.41, 5.74) is 0.996. The number of unbranched alkanes of at least 4 members (excludes halogenated alkanes) is 15. The molecule has 0 atom stereocenters. The van der Waals surface area contributed by atoms with Gasteiger partial charge in [0.05, 0.1) is 13.2 Å². The minimum atomic E-state index is -0.253. The molecule has 0 amide bonds. The Labute approximate surface area is 198 Å². The Morgan fingerprint density at radius 1 is 0.531 bits per heavy atom. The third kappa shape index (κ3) is 24.9. The normalized spacial score (nSPS) is 10.8.